The third-order valence-electron chi connectivity index (χ3n) is 2.46. The van der Waals surface area contributed by atoms with Crippen molar-refractivity contribution in [3.8, 4) is 0 Å². The van der Waals surface area contributed by atoms with E-state index in [2.05, 4.69) is 44.2 Å². The van der Waals surface area contributed by atoms with E-state index >= 15 is 0 Å². The second kappa shape index (κ2) is 4.68. The van der Waals surface area contributed by atoms with Gasteiger partial charge in [0.15, 0.2) is 0 Å². The molecule has 83 valence electrons. The van der Waals surface area contributed by atoms with Gasteiger partial charge >= 0.3 is 105 Å². The van der Waals surface area contributed by atoms with E-state index in [4.69, 9.17) is 0 Å². The van der Waals surface area contributed by atoms with Gasteiger partial charge < -0.3 is 0 Å². The predicted molar refractivity (Wildman–Crippen MR) is 67.2 cm³/mol. The van der Waals surface area contributed by atoms with Crippen LogP contribution in [0.25, 0.3) is 11.2 Å². The van der Waals surface area contributed by atoms with Crippen molar-refractivity contribution >= 4 is 31.4 Å². The molecule has 0 saturated heterocycles. The Morgan fingerprint density at radius 1 is 1.06 bits per heavy atom. The van der Waals surface area contributed by atoms with Crippen LogP contribution in [0.3, 0.4) is 0 Å². The normalized spacial score (nSPS) is 11.5. The zero-order valence-electron chi connectivity index (χ0n) is 9.04. The Hall–Kier alpha value is -1.67. The zero-order chi connectivity index (χ0) is 11.5. The van der Waals surface area contributed by atoms with Crippen LogP contribution in [0, 0.1) is 0 Å². The molecule has 0 saturated carbocycles. The Bertz CT molecular complexity index is 620. The molecule has 0 unspecified atom stereocenters. The van der Waals surface area contributed by atoms with Crippen LogP contribution in [0.5, 0.6) is 0 Å². The fraction of sp³-hybridized carbons (Fsp3) is 0.0833. The van der Waals surface area contributed by atoms with Crippen LogP contribution >= 0.6 is 0 Å². The zero-order valence-corrected chi connectivity index (χ0v) is 10.9. The molecular formula is C12H10AsN4. The SMILES string of the molecule is c1ccc(C[As]c2ncnc3nc[nH]c23)cc1. The second-order valence-electron chi connectivity index (χ2n) is 3.60. The Balaban J connectivity index is 1.84. The average Bonchev–Trinajstić information content (AvgIpc) is 2.86. The van der Waals surface area contributed by atoms with Crippen LogP contribution in [0.4, 0.5) is 0 Å². The van der Waals surface area contributed by atoms with Crippen molar-refractivity contribution in [2.24, 2.45) is 0 Å². The molecule has 0 fully saturated rings. The number of rotatable bonds is 3. The number of H-pyrrole nitrogens is 1. The first-order valence-corrected chi connectivity index (χ1v) is 7.55. The molecule has 0 spiro atoms. The topological polar surface area (TPSA) is 54.5 Å². The Morgan fingerprint density at radius 2 is 1.94 bits per heavy atom. The summed E-state index contributed by atoms with van der Waals surface area (Å²) in [6, 6.07) is 10.5. The first-order valence-electron chi connectivity index (χ1n) is 5.29. The summed E-state index contributed by atoms with van der Waals surface area (Å²) >= 11 is 0.00397. The van der Waals surface area contributed by atoms with Gasteiger partial charge in [0.2, 0.25) is 0 Å². The van der Waals surface area contributed by atoms with E-state index in [0.717, 1.165) is 20.9 Å². The van der Waals surface area contributed by atoms with Crippen molar-refractivity contribution in [1.29, 1.82) is 0 Å². The van der Waals surface area contributed by atoms with Gasteiger partial charge in [0, 0.05) is 0 Å². The van der Waals surface area contributed by atoms with E-state index in [1.165, 1.54) is 5.56 Å². The number of fused-ring (bicyclic) bond motifs is 1. The Labute approximate surface area is 105 Å². The van der Waals surface area contributed by atoms with Crippen molar-refractivity contribution in [2.45, 2.75) is 5.21 Å². The van der Waals surface area contributed by atoms with Gasteiger partial charge in [-0.1, -0.05) is 0 Å². The van der Waals surface area contributed by atoms with E-state index in [1.807, 2.05) is 6.07 Å². The summed E-state index contributed by atoms with van der Waals surface area (Å²) < 4.78 is 1.12. The molecule has 2 aromatic heterocycles. The molecule has 0 aliphatic heterocycles. The number of nitrogens with one attached hydrogen (secondary N) is 1. The van der Waals surface area contributed by atoms with Gasteiger partial charge in [-0.25, -0.2) is 0 Å². The third-order valence-corrected chi connectivity index (χ3v) is 4.89. The van der Waals surface area contributed by atoms with Gasteiger partial charge in [0.25, 0.3) is 0 Å². The van der Waals surface area contributed by atoms with Crippen LogP contribution in [-0.4, -0.2) is 35.7 Å². The monoisotopic (exact) mass is 285 g/mol. The van der Waals surface area contributed by atoms with E-state index < -0.39 is 0 Å². The van der Waals surface area contributed by atoms with Crippen molar-refractivity contribution in [3.63, 3.8) is 0 Å². The van der Waals surface area contributed by atoms with Crippen LogP contribution in [0.2, 0.25) is 0 Å². The molecule has 17 heavy (non-hydrogen) atoms. The average molecular weight is 285 g/mol. The molecule has 5 heteroatoms. The number of hydrogen-bond donors (Lipinski definition) is 1. The standard InChI is InChI=1S/C12H10AsN4/c1-2-4-9(5-3-1)6-13-11-10-12(16-7-14-10)17-8-15-11/h1-5,7-8H,6H2,(H,14,15,16,17). The minimum absolute atomic E-state index is 0.00397. The molecule has 2 heterocycles. The molecule has 1 radical (unpaired) electrons. The van der Waals surface area contributed by atoms with E-state index in [1.54, 1.807) is 12.7 Å². The molecule has 0 aliphatic rings. The summed E-state index contributed by atoms with van der Waals surface area (Å²) in [5.41, 5.74) is 3.11. The van der Waals surface area contributed by atoms with Gasteiger partial charge in [-0.2, -0.15) is 0 Å². The number of benzene rings is 1. The van der Waals surface area contributed by atoms with Gasteiger partial charge in [-0.15, -0.1) is 0 Å². The maximum atomic E-state index is 4.35. The molecule has 3 rings (SSSR count). The van der Waals surface area contributed by atoms with Crippen LogP contribution in [0.15, 0.2) is 43.0 Å². The molecule has 0 aliphatic carbocycles. The van der Waals surface area contributed by atoms with E-state index in [0.29, 0.717) is 0 Å². The minimum atomic E-state index is 0.00397. The number of hydrogen-bond acceptors (Lipinski definition) is 3. The number of aromatic nitrogens is 4. The van der Waals surface area contributed by atoms with Crippen LogP contribution in [-0.2, 0) is 5.21 Å². The number of imidazole rings is 1. The number of nitrogens with zero attached hydrogens (tertiary/aromatic N) is 3. The van der Waals surface area contributed by atoms with Crippen molar-refractivity contribution < 1.29 is 0 Å². The maximum absolute atomic E-state index is 4.35. The fourth-order valence-electron chi connectivity index (χ4n) is 1.62. The summed E-state index contributed by atoms with van der Waals surface area (Å²) in [6.07, 6.45) is 3.27. The molecule has 3 aromatic rings. The molecule has 0 bridgehead atoms. The fourth-order valence-corrected chi connectivity index (χ4v) is 3.72. The first-order chi connectivity index (χ1) is 8.43. The van der Waals surface area contributed by atoms with Crippen molar-refractivity contribution in [3.05, 3.63) is 48.5 Å². The molecule has 1 N–H and O–H groups in total. The van der Waals surface area contributed by atoms with Crippen molar-refractivity contribution in [2.75, 3.05) is 0 Å². The van der Waals surface area contributed by atoms with Crippen LogP contribution < -0.4 is 4.48 Å². The molecular weight excluding hydrogens is 275 g/mol. The molecule has 1 aromatic carbocycles. The van der Waals surface area contributed by atoms with Gasteiger partial charge in [-0.3, -0.25) is 0 Å². The van der Waals surface area contributed by atoms with Gasteiger partial charge in [0.05, 0.1) is 0 Å². The van der Waals surface area contributed by atoms with Crippen LogP contribution in [0.1, 0.15) is 5.56 Å². The summed E-state index contributed by atoms with van der Waals surface area (Å²) in [6.45, 7) is 0. The van der Waals surface area contributed by atoms with Gasteiger partial charge in [0.1, 0.15) is 0 Å². The predicted octanol–water partition coefficient (Wildman–Crippen LogP) is 0.883. The number of aromatic amines is 1. The first kappa shape index (κ1) is 10.5. The summed E-state index contributed by atoms with van der Waals surface area (Å²) in [7, 11) is 0. The van der Waals surface area contributed by atoms with E-state index in [-0.39, 0.29) is 15.8 Å². The second-order valence-corrected chi connectivity index (χ2v) is 5.82. The van der Waals surface area contributed by atoms with Crippen molar-refractivity contribution in [1.82, 2.24) is 19.9 Å². The Kier molecular flexibility index (Phi) is 2.88. The Morgan fingerprint density at radius 3 is 2.82 bits per heavy atom. The third kappa shape index (κ3) is 2.22. The summed E-state index contributed by atoms with van der Waals surface area (Å²) in [4.78, 5) is 15.7. The molecule has 4 nitrogen and oxygen atoms in total. The summed E-state index contributed by atoms with van der Waals surface area (Å²) in [5, 5.41) is 1.07. The summed E-state index contributed by atoms with van der Waals surface area (Å²) in [5.74, 6) is 0. The molecule has 0 amide bonds. The molecule has 0 atom stereocenters. The quantitative estimate of drug-likeness (QED) is 0.727. The van der Waals surface area contributed by atoms with Gasteiger partial charge in [-0.05, 0) is 0 Å². The van der Waals surface area contributed by atoms with E-state index in [9.17, 15) is 0 Å².